The third-order valence-electron chi connectivity index (χ3n) is 7.09. The van der Waals surface area contributed by atoms with Crippen molar-refractivity contribution in [2.24, 2.45) is 16.5 Å². The summed E-state index contributed by atoms with van der Waals surface area (Å²) in [7, 11) is 0. The zero-order valence-electron chi connectivity index (χ0n) is 20.3. The summed E-state index contributed by atoms with van der Waals surface area (Å²) in [6.45, 7) is 5.78. The number of halogens is 3. The van der Waals surface area contributed by atoms with Gasteiger partial charge in [-0.3, -0.25) is 9.69 Å². The summed E-state index contributed by atoms with van der Waals surface area (Å²) in [5.41, 5.74) is 0.705. The number of nitroso groups, excluding NO2 is 1. The molecule has 2 aromatic carbocycles. The molecule has 0 radical (unpaired) electrons. The number of nitriles is 1. The van der Waals surface area contributed by atoms with Crippen LogP contribution in [0.25, 0.3) is 0 Å². The maximum atomic E-state index is 14.5. The second kappa shape index (κ2) is 10.8. The van der Waals surface area contributed by atoms with Crippen LogP contribution in [0.4, 0.5) is 4.39 Å². The Bertz CT molecular complexity index is 1180. The van der Waals surface area contributed by atoms with Gasteiger partial charge in [0.05, 0.1) is 29.7 Å². The molecule has 1 unspecified atom stereocenters. The van der Waals surface area contributed by atoms with Crippen molar-refractivity contribution in [3.05, 3.63) is 67.8 Å². The summed E-state index contributed by atoms with van der Waals surface area (Å²) < 4.78 is 20.5. The number of carbonyl (C=O) groups excluding carboxylic acids is 1. The molecule has 1 saturated heterocycles. The van der Waals surface area contributed by atoms with E-state index in [0.29, 0.717) is 22.4 Å². The number of rotatable bonds is 8. The molecule has 0 spiro atoms. The smallest absolute Gasteiger partial charge is 0.319 e. The van der Waals surface area contributed by atoms with Crippen LogP contribution in [0.5, 0.6) is 5.75 Å². The molecule has 9 heteroatoms. The van der Waals surface area contributed by atoms with E-state index < -0.39 is 17.1 Å². The van der Waals surface area contributed by atoms with Crippen LogP contribution in [0.15, 0.2) is 35.5 Å². The van der Waals surface area contributed by atoms with Crippen LogP contribution >= 0.6 is 23.2 Å². The van der Waals surface area contributed by atoms with Crippen molar-refractivity contribution in [3.63, 3.8) is 0 Å². The summed E-state index contributed by atoms with van der Waals surface area (Å²) >= 11 is 12.5. The minimum atomic E-state index is -1.11. The number of hydrogen-bond donors (Lipinski definition) is 0. The van der Waals surface area contributed by atoms with Crippen LogP contribution in [-0.4, -0.2) is 30.5 Å². The molecule has 1 atom stereocenters. The van der Waals surface area contributed by atoms with Crippen molar-refractivity contribution in [1.29, 1.82) is 5.26 Å². The van der Waals surface area contributed by atoms with E-state index in [1.54, 1.807) is 6.07 Å². The van der Waals surface area contributed by atoms with Gasteiger partial charge >= 0.3 is 5.91 Å². The van der Waals surface area contributed by atoms with Crippen molar-refractivity contribution < 1.29 is 13.9 Å². The van der Waals surface area contributed by atoms with E-state index in [4.69, 9.17) is 27.9 Å². The molecule has 2 fully saturated rings. The SMILES string of the molecule is CC(C)(C#N)C(c1cc(Cl)cc(Cl)c1)N1CCC(COc2cc(F)c(C(=O)N=O)cc2C2CC2)CC1. The predicted molar refractivity (Wildman–Crippen MR) is 137 cm³/mol. The van der Waals surface area contributed by atoms with Gasteiger partial charge in [0.2, 0.25) is 0 Å². The van der Waals surface area contributed by atoms with E-state index in [1.165, 1.54) is 12.1 Å². The third kappa shape index (κ3) is 5.88. The molecule has 1 amide bonds. The average Bonchev–Trinajstić information content (AvgIpc) is 3.68. The number of benzene rings is 2. The van der Waals surface area contributed by atoms with Gasteiger partial charge in [-0.15, -0.1) is 4.91 Å². The van der Waals surface area contributed by atoms with E-state index in [1.807, 2.05) is 26.0 Å². The predicted octanol–water partition coefficient (Wildman–Crippen LogP) is 7.30. The Hall–Kier alpha value is -2.53. The van der Waals surface area contributed by atoms with Gasteiger partial charge in [-0.1, -0.05) is 23.2 Å². The Morgan fingerprint density at radius 2 is 1.81 bits per heavy atom. The summed E-state index contributed by atoms with van der Waals surface area (Å²) in [5.74, 6) is -1.01. The summed E-state index contributed by atoms with van der Waals surface area (Å²) in [5, 5.41) is 13.3. The van der Waals surface area contributed by atoms with Crippen LogP contribution in [0, 0.1) is 33.4 Å². The second-order valence-electron chi connectivity index (χ2n) is 10.3. The second-order valence-corrected chi connectivity index (χ2v) is 11.1. The molecular formula is C27H28Cl2FN3O3. The van der Waals surface area contributed by atoms with Crippen molar-refractivity contribution in [1.82, 2.24) is 4.90 Å². The van der Waals surface area contributed by atoms with Crippen molar-refractivity contribution in [2.45, 2.75) is 51.5 Å². The maximum Gasteiger partial charge on any atom is 0.319 e. The molecule has 2 aromatic rings. The average molecular weight is 532 g/mol. The van der Waals surface area contributed by atoms with Gasteiger partial charge in [-0.05, 0) is 99.8 Å². The van der Waals surface area contributed by atoms with E-state index in [0.717, 1.165) is 49.9 Å². The Balaban J connectivity index is 1.45. The number of carbonyl (C=O) groups is 1. The van der Waals surface area contributed by atoms with Gasteiger partial charge in [0, 0.05) is 21.3 Å². The summed E-state index contributed by atoms with van der Waals surface area (Å²) in [4.78, 5) is 24.6. The van der Waals surface area contributed by atoms with Crippen LogP contribution < -0.4 is 4.74 Å². The molecule has 4 rings (SSSR count). The number of hydrogen-bond acceptors (Lipinski definition) is 5. The van der Waals surface area contributed by atoms with E-state index in [2.05, 4.69) is 16.1 Å². The fraction of sp³-hybridized carbons (Fsp3) is 0.481. The van der Waals surface area contributed by atoms with E-state index >= 15 is 0 Å². The molecule has 0 aromatic heterocycles. The summed E-state index contributed by atoms with van der Waals surface area (Å²) in [6, 6.07) is 10.3. The Morgan fingerprint density at radius 3 is 2.36 bits per heavy atom. The molecule has 2 aliphatic rings. The lowest BCUT2D eigenvalue weighted by molar-refractivity contribution is 0.0661. The van der Waals surface area contributed by atoms with Crippen LogP contribution in [0.3, 0.4) is 0 Å². The lowest BCUT2D eigenvalue weighted by Crippen LogP contribution is -2.43. The van der Waals surface area contributed by atoms with Crippen LogP contribution in [-0.2, 0) is 0 Å². The van der Waals surface area contributed by atoms with Gasteiger partial charge in [-0.25, -0.2) is 4.39 Å². The van der Waals surface area contributed by atoms with Gasteiger partial charge < -0.3 is 4.74 Å². The topological polar surface area (TPSA) is 82.8 Å². The lowest BCUT2D eigenvalue weighted by atomic mass is 9.79. The Labute approximate surface area is 220 Å². The number of piperidine rings is 1. The van der Waals surface area contributed by atoms with Crippen molar-refractivity contribution in [3.8, 4) is 11.8 Å². The van der Waals surface area contributed by atoms with Crippen LogP contribution in [0.2, 0.25) is 10.0 Å². The zero-order valence-corrected chi connectivity index (χ0v) is 21.8. The molecule has 1 saturated carbocycles. The van der Waals surface area contributed by atoms with E-state index in [-0.39, 0.29) is 23.4 Å². The number of ether oxygens (including phenoxy) is 1. The first-order valence-electron chi connectivity index (χ1n) is 12.1. The minimum absolute atomic E-state index is 0.173. The first-order chi connectivity index (χ1) is 17.1. The van der Waals surface area contributed by atoms with Gasteiger partial charge in [-0.2, -0.15) is 5.26 Å². The monoisotopic (exact) mass is 531 g/mol. The highest BCUT2D eigenvalue weighted by atomic mass is 35.5. The highest BCUT2D eigenvalue weighted by molar-refractivity contribution is 6.34. The van der Waals surface area contributed by atoms with Gasteiger partial charge in [0.25, 0.3) is 0 Å². The third-order valence-corrected chi connectivity index (χ3v) is 7.53. The molecular weight excluding hydrogens is 504 g/mol. The molecule has 6 nitrogen and oxygen atoms in total. The summed E-state index contributed by atoms with van der Waals surface area (Å²) in [6.07, 6.45) is 3.57. The zero-order chi connectivity index (χ0) is 26.0. The molecule has 0 bridgehead atoms. The first-order valence-corrected chi connectivity index (χ1v) is 12.8. The highest BCUT2D eigenvalue weighted by Crippen LogP contribution is 2.46. The van der Waals surface area contributed by atoms with E-state index in [9.17, 15) is 19.4 Å². The molecule has 1 aliphatic heterocycles. The number of amides is 1. The lowest BCUT2D eigenvalue weighted by Gasteiger charge is -2.42. The highest BCUT2D eigenvalue weighted by Gasteiger charge is 2.38. The Morgan fingerprint density at radius 1 is 1.17 bits per heavy atom. The number of likely N-dealkylation sites (tertiary alicyclic amines) is 1. The van der Waals surface area contributed by atoms with Crippen molar-refractivity contribution in [2.75, 3.05) is 19.7 Å². The molecule has 1 heterocycles. The van der Waals surface area contributed by atoms with Gasteiger partial charge in [0.1, 0.15) is 11.6 Å². The maximum absolute atomic E-state index is 14.5. The first kappa shape index (κ1) is 26.5. The largest absolute Gasteiger partial charge is 0.493 e. The van der Waals surface area contributed by atoms with Crippen molar-refractivity contribution >= 4 is 29.1 Å². The van der Waals surface area contributed by atoms with Crippen LogP contribution in [0.1, 0.15) is 73.0 Å². The quantitative estimate of drug-likeness (QED) is 0.333. The molecule has 190 valence electrons. The Kier molecular flexibility index (Phi) is 7.99. The molecule has 36 heavy (non-hydrogen) atoms. The number of nitrogens with zero attached hydrogens (tertiary/aromatic N) is 3. The normalized spacial score (nSPS) is 17.9. The fourth-order valence-electron chi connectivity index (χ4n) is 5.09. The fourth-order valence-corrected chi connectivity index (χ4v) is 5.63. The molecule has 1 aliphatic carbocycles. The molecule has 0 N–H and O–H groups in total. The standard InChI is InChI=1S/C27H28Cl2FN3O3/c1-27(2,15-31)25(18-9-19(28)11-20(29)10-18)33-7-5-16(6-8-33)14-36-24-13-23(30)22(26(34)32-35)12-21(24)17-3-4-17/h9-13,16-17,25H,3-8,14H2,1-2H3. The van der Waals surface area contributed by atoms with Gasteiger partial charge in [0.15, 0.2) is 0 Å². The minimum Gasteiger partial charge on any atom is -0.493 e.